The largest absolute Gasteiger partial charge is 0.356 e. The molecule has 1 aliphatic carbocycles. The summed E-state index contributed by atoms with van der Waals surface area (Å²) in [5.41, 5.74) is 3.19. The fourth-order valence-electron chi connectivity index (χ4n) is 2.47. The summed E-state index contributed by atoms with van der Waals surface area (Å²) in [7, 11) is 0. The van der Waals surface area contributed by atoms with E-state index in [4.69, 9.17) is 5.73 Å². The number of nitrogens with zero attached hydrogens (tertiary/aromatic N) is 4. The maximum absolute atomic E-state index is 10.6. The molecule has 0 saturated heterocycles. The Balaban J connectivity index is 2.87. The van der Waals surface area contributed by atoms with Gasteiger partial charge in [0, 0.05) is 6.42 Å². The number of hydrogen-bond acceptors (Lipinski definition) is 4. The van der Waals surface area contributed by atoms with Crippen molar-refractivity contribution in [2.75, 3.05) is 0 Å². The molecule has 0 aliphatic heterocycles. The Hall–Kier alpha value is -1.95. The van der Waals surface area contributed by atoms with E-state index >= 15 is 0 Å². The Kier molecular flexibility index (Phi) is 4.38. The highest BCUT2D eigenvalue weighted by Crippen LogP contribution is 2.42. The number of primary amides is 1. The van der Waals surface area contributed by atoms with Crippen LogP contribution >= 0.6 is 0 Å². The molecule has 1 unspecified atom stereocenters. The van der Waals surface area contributed by atoms with Gasteiger partial charge in [0.15, 0.2) is 5.54 Å². The average Bonchev–Trinajstić information content (AvgIpc) is 2.37. The number of hydrogen-bond donors (Lipinski definition) is 1. The van der Waals surface area contributed by atoms with Crippen molar-refractivity contribution in [3.63, 3.8) is 0 Å². The molecule has 6 nitrogen and oxygen atoms in total. The van der Waals surface area contributed by atoms with Gasteiger partial charge < -0.3 is 5.73 Å². The van der Waals surface area contributed by atoms with Gasteiger partial charge in [-0.15, -0.1) is 0 Å². The number of nitrogens with two attached hydrogens (primary N) is 1. The molecule has 2 amide bonds. The minimum absolute atomic E-state index is 0.295. The van der Waals surface area contributed by atoms with Gasteiger partial charge in [-0.05, 0) is 19.8 Å². The molecule has 1 aliphatic rings. The van der Waals surface area contributed by atoms with E-state index < -0.39 is 17.0 Å². The quantitative estimate of drug-likeness (QED) is 0.772. The molecule has 0 aromatic rings. The molecule has 0 aromatic heterocycles. The third-order valence-electron chi connectivity index (χ3n) is 3.34. The zero-order chi connectivity index (χ0) is 13.6. The summed E-state index contributed by atoms with van der Waals surface area (Å²) >= 11 is 0. The number of rotatable bonds is 3. The van der Waals surface area contributed by atoms with E-state index in [0.717, 1.165) is 32.1 Å². The Labute approximate surface area is 106 Å². The Bertz CT molecular complexity index is 425. The van der Waals surface area contributed by atoms with Gasteiger partial charge in [0.25, 0.3) is 0 Å². The van der Waals surface area contributed by atoms with Gasteiger partial charge in [0.05, 0.1) is 17.6 Å². The molecular formula is C12H17N5O. The number of nitriles is 2. The SMILES string of the molecule is CC(C#N)(CC1(C#N)CCCCC1)N=NC(N)=O. The summed E-state index contributed by atoms with van der Waals surface area (Å²) in [6, 6.07) is 3.42. The molecule has 1 fully saturated rings. The molecule has 1 atom stereocenters. The van der Waals surface area contributed by atoms with Crippen molar-refractivity contribution >= 4 is 6.03 Å². The van der Waals surface area contributed by atoms with Crippen molar-refractivity contribution < 1.29 is 4.79 Å². The first-order valence-corrected chi connectivity index (χ1v) is 6.00. The van der Waals surface area contributed by atoms with E-state index in [0.29, 0.717) is 6.42 Å². The molecule has 1 saturated carbocycles. The van der Waals surface area contributed by atoms with Crippen LogP contribution in [0.3, 0.4) is 0 Å². The molecule has 18 heavy (non-hydrogen) atoms. The predicted octanol–water partition coefficient (Wildman–Crippen LogP) is 2.66. The molecule has 0 aromatic carbocycles. The first-order valence-electron chi connectivity index (χ1n) is 6.00. The van der Waals surface area contributed by atoms with Crippen molar-refractivity contribution in [2.45, 2.75) is 51.0 Å². The number of carbonyl (C=O) groups excluding carboxylic acids is 1. The van der Waals surface area contributed by atoms with E-state index in [1.807, 2.05) is 6.07 Å². The lowest BCUT2D eigenvalue weighted by atomic mass is 9.69. The van der Waals surface area contributed by atoms with Crippen molar-refractivity contribution in [1.82, 2.24) is 0 Å². The molecule has 2 N–H and O–H groups in total. The van der Waals surface area contributed by atoms with E-state index in [1.165, 1.54) is 0 Å². The lowest BCUT2D eigenvalue weighted by Gasteiger charge is -2.34. The summed E-state index contributed by atoms with van der Waals surface area (Å²) in [5.74, 6) is 0. The first kappa shape index (κ1) is 14.1. The van der Waals surface area contributed by atoms with Crippen LogP contribution in [0.25, 0.3) is 0 Å². The maximum atomic E-state index is 10.6. The molecule has 6 heteroatoms. The van der Waals surface area contributed by atoms with Crippen molar-refractivity contribution in [2.24, 2.45) is 21.4 Å². The number of urea groups is 1. The highest BCUT2D eigenvalue weighted by atomic mass is 16.2. The van der Waals surface area contributed by atoms with Crippen LogP contribution < -0.4 is 5.73 Å². The van der Waals surface area contributed by atoms with Gasteiger partial charge in [0.1, 0.15) is 0 Å². The zero-order valence-corrected chi connectivity index (χ0v) is 10.5. The second kappa shape index (κ2) is 5.59. The average molecular weight is 247 g/mol. The lowest BCUT2D eigenvalue weighted by molar-refractivity contribution is 0.214. The number of azo groups is 1. The maximum Gasteiger partial charge on any atom is 0.356 e. The number of carbonyl (C=O) groups is 1. The second-order valence-electron chi connectivity index (χ2n) is 5.05. The van der Waals surface area contributed by atoms with Crippen LogP contribution in [-0.2, 0) is 0 Å². The third kappa shape index (κ3) is 3.53. The second-order valence-corrected chi connectivity index (χ2v) is 5.05. The summed E-state index contributed by atoms with van der Waals surface area (Å²) in [5, 5.41) is 25.5. The van der Waals surface area contributed by atoms with Gasteiger partial charge in [0.2, 0.25) is 0 Å². The van der Waals surface area contributed by atoms with Gasteiger partial charge in [-0.1, -0.05) is 24.4 Å². The molecular weight excluding hydrogens is 230 g/mol. The first-order chi connectivity index (χ1) is 8.45. The molecule has 0 radical (unpaired) electrons. The normalized spacial score (nSPS) is 21.7. The molecule has 0 bridgehead atoms. The molecule has 0 spiro atoms. The molecule has 96 valence electrons. The van der Waals surface area contributed by atoms with E-state index in [2.05, 4.69) is 16.3 Å². The minimum atomic E-state index is -1.16. The van der Waals surface area contributed by atoms with Gasteiger partial charge in [-0.3, -0.25) is 0 Å². The summed E-state index contributed by atoms with van der Waals surface area (Å²) < 4.78 is 0. The summed E-state index contributed by atoms with van der Waals surface area (Å²) in [6.45, 7) is 1.58. The van der Waals surface area contributed by atoms with Gasteiger partial charge in [-0.2, -0.15) is 15.6 Å². The van der Waals surface area contributed by atoms with Crippen LogP contribution in [0.2, 0.25) is 0 Å². The standard InChI is InChI=1S/C12H17N5O/c1-11(8-13,17-16-10(15)18)7-12(9-14)5-3-2-4-6-12/h2-7H2,1H3,(H2,15,18). The summed E-state index contributed by atoms with van der Waals surface area (Å²) in [6.07, 6.45) is 4.93. The van der Waals surface area contributed by atoms with E-state index in [1.54, 1.807) is 6.92 Å². The molecule has 0 heterocycles. The van der Waals surface area contributed by atoms with E-state index in [9.17, 15) is 15.3 Å². The van der Waals surface area contributed by atoms with Gasteiger partial charge >= 0.3 is 6.03 Å². The Morgan fingerprint density at radius 1 is 1.39 bits per heavy atom. The Morgan fingerprint density at radius 3 is 2.44 bits per heavy atom. The monoisotopic (exact) mass is 247 g/mol. The van der Waals surface area contributed by atoms with Crippen molar-refractivity contribution in [3.8, 4) is 12.1 Å². The van der Waals surface area contributed by atoms with Gasteiger partial charge in [-0.25, -0.2) is 4.79 Å². The van der Waals surface area contributed by atoms with Crippen LogP contribution in [0.15, 0.2) is 10.2 Å². The van der Waals surface area contributed by atoms with Crippen LogP contribution in [0, 0.1) is 28.1 Å². The van der Waals surface area contributed by atoms with Crippen molar-refractivity contribution in [1.29, 1.82) is 10.5 Å². The topological polar surface area (TPSA) is 115 Å². The highest BCUT2D eigenvalue weighted by molar-refractivity contribution is 5.71. The predicted molar refractivity (Wildman–Crippen MR) is 64.2 cm³/mol. The van der Waals surface area contributed by atoms with Crippen molar-refractivity contribution in [3.05, 3.63) is 0 Å². The fourth-order valence-corrected chi connectivity index (χ4v) is 2.47. The zero-order valence-electron chi connectivity index (χ0n) is 10.5. The summed E-state index contributed by atoms with van der Waals surface area (Å²) in [4.78, 5) is 10.6. The fraction of sp³-hybridized carbons (Fsp3) is 0.750. The highest BCUT2D eigenvalue weighted by Gasteiger charge is 2.40. The number of amides is 2. The van der Waals surface area contributed by atoms with Crippen LogP contribution in [-0.4, -0.2) is 11.6 Å². The smallest absolute Gasteiger partial charge is 0.348 e. The van der Waals surface area contributed by atoms with Crippen LogP contribution in [0.1, 0.15) is 45.4 Å². The molecule has 1 rings (SSSR count). The minimum Gasteiger partial charge on any atom is -0.348 e. The van der Waals surface area contributed by atoms with E-state index in [-0.39, 0.29) is 0 Å². The third-order valence-corrected chi connectivity index (χ3v) is 3.34. The lowest BCUT2D eigenvalue weighted by Crippen LogP contribution is -2.33. The Morgan fingerprint density at radius 2 is 2.00 bits per heavy atom. The van der Waals surface area contributed by atoms with Crippen LogP contribution in [0.4, 0.5) is 4.79 Å². The van der Waals surface area contributed by atoms with Crippen LogP contribution in [0.5, 0.6) is 0 Å².